The zero-order valence-electron chi connectivity index (χ0n) is 11.1. The molecule has 0 radical (unpaired) electrons. The van der Waals surface area contributed by atoms with E-state index in [0.29, 0.717) is 25.3 Å². The topological polar surface area (TPSA) is 82.7 Å². The molecule has 0 saturated heterocycles. The van der Waals surface area contributed by atoms with Crippen molar-refractivity contribution in [3.63, 3.8) is 0 Å². The highest BCUT2D eigenvalue weighted by atomic mass is 16.4. The van der Waals surface area contributed by atoms with Crippen molar-refractivity contribution in [2.75, 3.05) is 6.54 Å². The molecule has 1 aromatic rings. The van der Waals surface area contributed by atoms with Crippen molar-refractivity contribution in [2.45, 2.75) is 39.8 Å². The minimum atomic E-state index is -1.00. The maximum absolute atomic E-state index is 10.8. The normalized spacial score (nSPS) is 13.6. The number of nitrogens with one attached hydrogen (secondary N) is 1. The van der Waals surface area contributed by atoms with Gasteiger partial charge in [-0.25, -0.2) is 4.79 Å². The molecule has 3 N–H and O–H groups in total. The Morgan fingerprint density at radius 2 is 2.17 bits per heavy atom. The zero-order chi connectivity index (χ0) is 13.8. The summed E-state index contributed by atoms with van der Waals surface area (Å²) in [6, 6.07) is 1.42. The van der Waals surface area contributed by atoms with Crippen LogP contribution in [0.4, 0.5) is 0 Å². The van der Waals surface area contributed by atoms with Crippen LogP contribution in [0.2, 0.25) is 0 Å². The smallest absolute Gasteiger partial charge is 0.339 e. The first-order chi connectivity index (χ1) is 8.29. The van der Waals surface area contributed by atoms with E-state index in [1.54, 1.807) is 0 Å². The van der Waals surface area contributed by atoms with Gasteiger partial charge in [0.2, 0.25) is 0 Å². The molecule has 0 aromatic carbocycles. The molecule has 102 valence electrons. The quantitative estimate of drug-likeness (QED) is 0.722. The van der Waals surface area contributed by atoms with Gasteiger partial charge in [0.25, 0.3) is 0 Å². The predicted molar refractivity (Wildman–Crippen MR) is 67.5 cm³/mol. The van der Waals surface area contributed by atoms with Gasteiger partial charge in [-0.3, -0.25) is 0 Å². The molecule has 0 amide bonds. The van der Waals surface area contributed by atoms with E-state index >= 15 is 0 Å². The van der Waals surface area contributed by atoms with Crippen LogP contribution in [0.5, 0.6) is 0 Å². The third-order valence-corrected chi connectivity index (χ3v) is 2.49. The van der Waals surface area contributed by atoms with E-state index in [2.05, 4.69) is 26.1 Å². The highest BCUT2D eigenvalue weighted by Gasteiger charge is 2.17. The number of hydrogen-bond donors (Lipinski definition) is 3. The van der Waals surface area contributed by atoms with Crippen LogP contribution in [0.25, 0.3) is 0 Å². The highest BCUT2D eigenvalue weighted by Crippen LogP contribution is 2.20. The van der Waals surface area contributed by atoms with Gasteiger partial charge in [0, 0.05) is 6.54 Å². The third kappa shape index (κ3) is 4.89. The monoisotopic (exact) mass is 255 g/mol. The molecule has 0 aliphatic heterocycles. The first-order valence-electron chi connectivity index (χ1n) is 5.98. The van der Waals surface area contributed by atoms with Crippen LogP contribution >= 0.6 is 0 Å². The van der Waals surface area contributed by atoms with Gasteiger partial charge in [-0.15, -0.1) is 0 Å². The lowest BCUT2D eigenvalue weighted by Gasteiger charge is -2.22. The Kier molecular flexibility index (Phi) is 4.93. The van der Waals surface area contributed by atoms with Gasteiger partial charge in [-0.1, -0.05) is 20.8 Å². The van der Waals surface area contributed by atoms with Crippen LogP contribution < -0.4 is 5.32 Å². The van der Waals surface area contributed by atoms with Crippen LogP contribution in [-0.2, 0) is 6.54 Å². The average Bonchev–Trinajstić information content (AvgIpc) is 2.62. The Morgan fingerprint density at radius 1 is 1.50 bits per heavy atom. The number of rotatable bonds is 6. The van der Waals surface area contributed by atoms with E-state index in [-0.39, 0.29) is 11.0 Å². The molecule has 0 saturated carbocycles. The first-order valence-corrected chi connectivity index (χ1v) is 5.98. The van der Waals surface area contributed by atoms with Crippen LogP contribution in [0.15, 0.2) is 16.7 Å². The molecular formula is C13H21NO4. The molecule has 18 heavy (non-hydrogen) atoms. The van der Waals surface area contributed by atoms with Gasteiger partial charge in [0.05, 0.1) is 18.9 Å². The highest BCUT2D eigenvalue weighted by molar-refractivity contribution is 5.88. The summed E-state index contributed by atoms with van der Waals surface area (Å²) in [6.07, 6.45) is 1.59. The molecule has 1 rings (SSSR count). The summed E-state index contributed by atoms with van der Waals surface area (Å²) >= 11 is 0. The summed E-state index contributed by atoms with van der Waals surface area (Å²) in [4.78, 5) is 10.8. The molecular weight excluding hydrogens is 234 g/mol. The first kappa shape index (κ1) is 14.7. The number of furan rings is 1. The van der Waals surface area contributed by atoms with Crippen molar-refractivity contribution in [2.24, 2.45) is 5.41 Å². The van der Waals surface area contributed by atoms with E-state index in [1.807, 2.05) is 0 Å². The second kappa shape index (κ2) is 6.02. The van der Waals surface area contributed by atoms with Gasteiger partial charge in [-0.2, -0.15) is 0 Å². The predicted octanol–water partition coefficient (Wildman–Crippen LogP) is 1.86. The SMILES string of the molecule is CC(C)(C)CC(O)CNCc1occc1C(=O)O. The molecule has 0 spiro atoms. The van der Waals surface area contributed by atoms with Gasteiger partial charge in [0.1, 0.15) is 11.3 Å². The number of hydrogen-bond acceptors (Lipinski definition) is 4. The summed E-state index contributed by atoms with van der Waals surface area (Å²) in [7, 11) is 0. The fraction of sp³-hybridized carbons (Fsp3) is 0.615. The molecule has 1 unspecified atom stereocenters. The Labute approximate surface area is 107 Å². The Morgan fingerprint density at radius 3 is 2.72 bits per heavy atom. The number of carboxylic acids is 1. The standard InChI is InChI=1S/C13H21NO4/c1-13(2,3)6-9(15)7-14-8-11-10(12(16)17)4-5-18-11/h4-5,9,14-15H,6-8H2,1-3H3,(H,16,17). The van der Waals surface area contributed by atoms with Crippen molar-refractivity contribution in [3.8, 4) is 0 Å². The number of aliphatic hydroxyl groups is 1. The van der Waals surface area contributed by atoms with E-state index in [1.165, 1.54) is 12.3 Å². The van der Waals surface area contributed by atoms with Gasteiger partial charge in [0.15, 0.2) is 0 Å². The van der Waals surface area contributed by atoms with E-state index in [0.717, 1.165) is 0 Å². The molecule has 1 heterocycles. The van der Waals surface area contributed by atoms with Gasteiger partial charge in [-0.05, 0) is 17.9 Å². The fourth-order valence-electron chi connectivity index (χ4n) is 1.80. The summed E-state index contributed by atoms with van der Waals surface area (Å²) in [5.74, 6) is -0.624. The maximum atomic E-state index is 10.8. The Bertz CT molecular complexity index is 392. The lowest BCUT2D eigenvalue weighted by Crippen LogP contribution is -2.30. The van der Waals surface area contributed by atoms with Gasteiger partial charge < -0.3 is 19.9 Å². The molecule has 0 bridgehead atoms. The van der Waals surface area contributed by atoms with E-state index in [4.69, 9.17) is 9.52 Å². The summed E-state index contributed by atoms with van der Waals surface area (Å²) in [5, 5.41) is 21.7. The second-order valence-electron chi connectivity index (χ2n) is 5.61. The zero-order valence-corrected chi connectivity index (χ0v) is 11.1. The number of aromatic carboxylic acids is 1. The Balaban J connectivity index is 2.38. The number of carboxylic acid groups (broad SMARTS) is 1. The fourth-order valence-corrected chi connectivity index (χ4v) is 1.80. The summed E-state index contributed by atoms with van der Waals surface area (Å²) in [5.41, 5.74) is 0.227. The molecule has 0 aliphatic rings. The number of aliphatic hydroxyl groups excluding tert-OH is 1. The van der Waals surface area contributed by atoms with E-state index < -0.39 is 12.1 Å². The van der Waals surface area contributed by atoms with Crippen LogP contribution in [-0.4, -0.2) is 28.8 Å². The van der Waals surface area contributed by atoms with Crippen molar-refractivity contribution in [1.29, 1.82) is 0 Å². The summed E-state index contributed by atoms with van der Waals surface area (Å²) < 4.78 is 5.08. The van der Waals surface area contributed by atoms with Crippen molar-refractivity contribution in [3.05, 3.63) is 23.7 Å². The molecule has 1 aromatic heterocycles. The largest absolute Gasteiger partial charge is 0.478 e. The van der Waals surface area contributed by atoms with Crippen molar-refractivity contribution < 1.29 is 19.4 Å². The minimum absolute atomic E-state index is 0.0675. The lowest BCUT2D eigenvalue weighted by molar-refractivity contribution is 0.0694. The summed E-state index contributed by atoms with van der Waals surface area (Å²) in [6.45, 7) is 6.90. The van der Waals surface area contributed by atoms with Crippen molar-refractivity contribution >= 4 is 5.97 Å². The van der Waals surface area contributed by atoms with E-state index in [9.17, 15) is 9.90 Å². The maximum Gasteiger partial charge on any atom is 0.339 e. The molecule has 0 aliphatic carbocycles. The molecule has 5 heteroatoms. The second-order valence-corrected chi connectivity index (χ2v) is 5.61. The van der Waals surface area contributed by atoms with Crippen LogP contribution in [0.3, 0.4) is 0 Å². The minimum Gasteiger partial charge on any atom is -0.478 e. The van der Waals surface area contributed by atoms with Crippen LogP contribution in [0, 0.1) is 5.41 Å². The van der Waals surface area contributed by atoms with Crippen LogP contribution in [0.1, 0.15) is 43.3 Å². The third-order valence-electron chi connectivity index (χ3n) is 2.49. The molecule has 1 atom stereocenters. The Hall–Kier alpha value is -1.33. The van der Waals surface area contributed by atoms with Crippen molar-refractivity contribution in [1.82, 2.24) is 5.32 Å². The molecule has 5 nitrogen and oxygen atoms in total. The van der Waals surface area contributed by atoms with Gasteiger partial charge >= 0.3 is 5.97 Å². The lowest BCUT2D eigenvalue weighted by atomic mass is 9.89. The molecule has 0 fully saturated rings. The number of carbonyl (C=O) groups is 1. The average molecular weight is 255 g/mol.